The number of nitrogens with zero attached hydrogens (tertiary/aromatic N) is 1. The molecule has 29 heavy (non-hydrogen) atoms. The molecule has 2 aromatic rings. The van der Waals surface area contributed by atoms with Gasteiger partial charge in [0, 0.05) is 18.3 Å². The average molecular weight is 416 g/mol. The molecular formula is C21H24N2O5S. The Hall–Kier alpha value is -2.71. The van der Waals surface area contributed by atoms with Crippen molar-refractivity contribution >= 4 is 27.6 Å². The van der Waals surface area contributed by atoms with Crippen LogP contribution in [0.4, 0.5) is 5.69 Å². The second-order valence-electron chi connectivity index (χ2n) is 6.98. The number of carbonyl (C=O) groups is 2. The summed E-state index contributed by atoms with van der Waals surface area (Å²) in [7, 11) is -3.69. The first kappa shape index (κ1) is 21.0. The molecule has 0 aromatic heterocycles. The number of nitrogens with one attached hydrogen (secondary N) is 1. The van der Waals surface area contributed by atoms with Gasteiger partial charge >= 0.3 is 5.97 Å². The fourth-order valence-corrected chi connectivity index (χ4v) is 5.03. The van der Waals surface area contributed by atoms with Crippen molar-refractivity contribution in [1.29, 1.82) is 0 Å². The molecule has 0 spiro atoms. The van der Waals surface area contributed by atoms with E-state index in [-0.39, 0.29) is 16.5 Å². The largest absolute Gasteiger partial charge is 0.452 e. The maximum absolute atomic E-state index is 13.0. The number of anilines is 1. The van der Waals surface area contributed by atoms with Crippen molar-refractivity contribution in [2.45, 2.75) is 37.1 Å². The summed E-state index contributed by atoms with van der Waals surface area (Å²) in [5.74, 6) is -1.23. The number of hydrogen-bond donors (Lipinski definition) is 1. The van der Waals surface area contributed by atoms with Crippen molar-refractivity contribution in [3.8, 4) is 0 Å². The second-order valence-corrected chi connectivity index (χ2v) is 8.87. The van der Waals surface area contributed by atoms with Crippen LogP contribution in [0.25, 0.3) is 0 Å². The van der Waals surface area contributed by atoms with Gasteiger partial charge in [-0.05, 0) is 50.1 Å². The Morgan fingerprint density at radius 2 is 1.86 bits per heavy atom. The van der Waals surface area contributed by atoms with Crippen LogP contribution in [0.5, 0.6) is 0 Å². The van der Waals surface area contributed by atoms with Crippen LogP contribution in [0.15, 0.2) is 59.5 Å². The number of esters is 1. The Labute approximate surface area is 170 Å². The van der Waals surface area contributed by atoms with Crippen LogP contribution in [-0.4, -0.2) is 43.8 Å². The van der Waals surface area contributed by atoms with Crippen molar-refractivity contribution < 1.29 is 22.7 Å². The molecule has 2 aromatic carbocycles. The number of hydrogen-bond acceptors (Lipinski definition) is 5. The lowest BCUT2D eigenvalue weighted by Crippen LogP contribution is -2.41. The van der Waals surface area contributed by atoms with Gasteiger partial charge in [-0.25, -0.2) is 13.2 Å². The number of para-hydroxylation sites is 1. The number of benzene rings is 2. The third-order valence-corrected chi connectivity index (χ3v) is 6.82. The normalized spacial score (nSPS) is 17.5. The molecule has 3 rings (SSSR count). The highest BCUT2D eigenvalue weighted by molar-refractivity contribution is 7.89. The molecule has 0 radical (unpaired) electrons. The van der Waals surface area contributed by atoms with Gasteiger partial charge in [0.05, 0.1) is 10.5 Å². The fraction of sp³-hybridized carbons (Fsp3) is 0.333. The topological polar surface area (TPSA) is 92.8 Å². The lowest BCUT2D eigenvalue weighted by Gasteiger charge is -2.32. The van der Waals surface area contributed by atoms with Crippen LogP contribution >= 0.6 is 0 Å². The van der Waals surface area contributed by atoms with E-state index in [4.69, 9.17) is 4.74 Å². The van der Waals surface area contributed by atoms with E-state index in [0.717, 1.165) is 19.3 Å². The molecule has 1 amide bonds. The molecule has 0 bridgehead atoms. The van der Waals surface area contributed by atoms with E-state index in [0.29, 0.717) is 12.2 Å². The highest BCUT2D eigenvalue weighted by Crippen LogP contribution is 2.25. The summed E-state index contributed by atoms with van der Waals surface area (Å²) in [5.41, 5.74) is 0.681. The molecule has 1 atom stereocenters. The summed E-state index contributed by atoms with van der Waals surface area (Å²) in [6.45, 7) is 1.89. The molecule has 0 saturated carbocycles. The number of rotatable bonds is 6. The zero-order valence-corrected chi connectivity index (χ0v) is 17.0. The molecule has 154 valence electrons. The van der Waals surface area contributed by atoms with Gasteiger partial charge in [-0.3, -0.25) is 4.79 Å². The third kappa shape index (κ3) is 5.21. The quantitative estimate of drug-likeness (QED) is 0.731. The van der Waals surface area contributed by atoms with Crippen molar-refractivity contribution in [3.05, 3.63) is 60.2 Å². The second kappa shape index (κ2) is 9.19. The first-order valence-electron chi connectivity index (χ1n) is 9.52. The highest BCUT2D eigenvalue weighted by Gasteiger charge is 2.31. The van der Waals surface area contributed by atoms with Crippen molar-refractivity contribution in [1.82, 2.24) is 4.31 Å². The lowest BCUT2D eigenvalue weighted by molar-refractivity contribution is -0.119. The molecule has 8 heteroatoms. The number of sulfonamides is 1. The average Bonchev–Trinajstić information content (AvgIpc) is 2.73. The molecule has 1 N–H and O–H groups in total. The molecule has 1 heterocycles. The van der Waals surface area contributed by atoms with Gasteiger partial charge in [-0.15, -0.1) is 0 Å². The minimum Gasteiger partial charge on any atom is -0.452 e. The summed E-state index contributed by atoms with van der Waals surface area (Å²) in [4.78, 5) is 24.3. The van der Waals surface area contributed by atoms with E-state index in [1.165, 1.54) is 28.6 Å². The fourth-order valence-electron chi connectivity index (χ4n) is 3.28. The smallest absolute Gasteiger partial charge is 0.338 e. The molecule has 1 fully saturated rings. The van der Waals surface area contributed by atoms with Gasteiger partial charge in [-0.1, -0.05) is 30.7 Å². The van der Waals surface area contributed by atoms with E-state index in [1.807, 2.05) is 13.0 Å². The predicted molar refractivity (Wildman–Crippen MR) is 109 cm³/mol. The van der Waals surface area contributed by atoms with Crippen LogP contribution in [-0.2, 0) is 19.6 Å². The Balaban J connectivity index is 1.65. The van der Waals surface area contributed by atoms with Gasteiger partial charge in [0.1, 0.15) is 0 Å². The molecule has 7 nitrogen and oxygen atoms in total. The molecule has 1 aliphatic heterocycles. The Kier molecular flexibility index (Phi) is 6.66. The molecule has 0 unspecified atom stereocenters. The third-order valence-electron chi connectivity index (χ3n) is 4.81. The SMILES string of the molecule is C[C@@H]1CCCCN1S(=O)(=O)c1cccc(C(=O)OCC(=O)Nc2ccccc2)c1. The maximum Gasteiger partial charge on any atom is 0.338 e. The van der Waals surface area contributed by atoms with Gasteiger partial charge in [-0.2, -0.15) is 4.31 Å². The van der Waals surface area contributed by atoms with Crippen LogP contribution in [0.2, 0.25) is 0 Å². The predicted octanol–water partition coefficient (Wildman–Crippen LogP) is 3.05. The van der Waals surface area contributed by atoms with E-state index >= 15 is 0 Å². The molecule has 0 aliphatic carbocycles. The molecule has 1 aliphatic rings. The molecule has 1 saturated heterocycles. The standard InChI is InChI=1S/C21H24N2O5S/c1-16-8-5-6-13-23(16)29(26,27)19-12-7-9-17(14-19)21(25)28-15-20(24)22-18-10-3-2-4-11-18/h2-4,7,9-12,14,16H,5-6,8,13,15H2,1H3,(H,22,24)/t16-/m1/s1. The first-order valence-corrected chi connectivity index (χ1v) is 11.0. The van der Waals surface area contributed by atoms with E-state index in [9.17, 15) is 18.0 Å². The Bertz CT molecular complexity index is 976. The summed E-state index contributed by atoms with van der Waals surface area (Å²) < 4.78 is 32.4. The van der Waals surface area contributed by atoms with E-state index in [1.54, 1.807) is 24.3 Å². The number of amides is 1. The lowest BCUT2D eigenvalue weighted by atomic mass is 10.1. The van der Waals surface area contributed by atoms with Crippen LogP contribution < -0.4 is 5.32 Å². The van der Waals surface area contributed by atoms with Crippen molar-refractivity contribution in [2.24, 2.45) is 0 Å². The minimum absolute atomic E-state index is 0.0504. The van der Waals surface area contributed by atoms with Gasteiger partial charge in [0.15, 0.2) is 6.61 Å². The number of carbonyl (C=O) groups excluding carboxylic acids is 2. The van der Waals surface area contributed by atoms with Gasteiger partial charge in [0.25, 0.3) is 5.91 Å². The van der Waals surface area contributed by atoms with E-state index < -0.39 is 28.5 Å². The van der Waals surface area contributed by atoms with E-state index in [2.05, 4.69) is 5.32 Å². The minimum atomic E-state index is -3.69. The molecular weight excluding hydrogens is 392 g/mol. The van der Waals surface area contributed by atoms with Crippen molar-refractivity contribution in [3.63, 3.8) is 0 Å². The summed E-state index contributed by atoms with van der Waals surface area (Å²) in [6, 6.07) is 14.5. The zero-order chi connectivity index (χ0) is 20.9. The van der Waals surface area contributed by atoms with Crippen molar-refractivity contribution in [2.75, 3.05) is 18.5 Å². The number of piperidine rings is 1. The van der Waals surface area contributed by atoms with Gasteiger partial charge < -0.3 is 10.1 Å². The first-order chi connectivity index (χ1) is 13.9. The highest BCUT2D eigenvalue weighted by atomic mass is 32.2. The summed E-state index contributed by atoms with van der Waals surface area (Å²) in [6.07, 6.45) is 2.64. The summed E-state index contributed by atoms with van der Waals surface area (Å²) in [5, 5.41) is 2.61. The zero-order valence-electron chi connectivity index (χ0n) is 16.2. The van der Waals surface area contributed by atoms with Gasteiger partial charge in [0.2, 0.25) is 10.0 Å². The summed E-state index contributed by atoms with van der Waals surface area (Å²) >= 11 is 0. The van der Waals surface area contributed by atoms with Crippen LogP contribution in [0, 0.1) is 0 Å². The Morgan fingerprint density at radius 3 is 2.59 bits per heavy atom. The monoisotopic (exact) mass is 416 g/mol. The number of ether oxygens (including phenoxy) is 1. The van der Waals surface area contributed by atoms with Crippen LogP contribution in [0.1, 0.15) is 36.5 Å². The van der Waals surface area contributed by atoms with Crippen LogP contribution in [0.3, 0.4) is 0 Å². The maximum atomic E-state index is 13.0. The Morgan fingerprint density at radius 1 is 1.10 bits per heavy atom.